The second-order valence-electron chi connectivity index (χ2n) is 11.8. The summed E-state index contributed by atoms with van der Waals surface area (Å²) in [5.41, 5.74) is 1.21. The summed E-state index contributed by atoms with van der Waals surface area (Å²) in [5, 5.41) is 21.7. The van der Waals surface area contributed by atoms with Gasteiger partial charge in [0.25, 0.3) is 0 Å². The lowest BCUT2D eigenvalue weighted by Crippen LogP contribution is -2.26. The van der Waals surface area contributed by atoms with E-state index in [1.165, 1.54) is 24.8 Å². The molecule has 0 heterocycles. The Balaban J connectivity index is 1.85. The van der Waals surface area contributed by atoms with Gasteiger partial charge in [0.2, 0.25) is 0 Å². The van der Waals surface area contributed by atoms with E-state index in [0.29, 0.717) is 51.6 Å². The van der Waals surface area contributed by atoms with Crippen molar-refractivity contribution >= 4 is 11.9 Å². The monoisotopic (exact) mass is 584 g/mol. The van der Waals surface area contributed by atoms with Gasteiger partial charge in [-0.1, -0.05) is 74.2 Å². The molecule has 5 atom stereocenters. The fourth-order valence-corrected chi connectivity index (χ4v) is 5.99. The smallest absolute Gasteiger partial charge is 0.306 e. The SMILES string of the molecule is C=CCCCCCCCCC(=O)O[C@H]1C[C@@H](O)[C@H](CC[C@@H](O)CCc2ccccc2)[C@H]1C/C=C\CCCC(=O)OCC. The summed E-state index contributed by atoms with van der Waals surface area (Å²) in [6, 6.07) is 10.2. The van der Waals surface area contributed by atoms with Crippen molar-refractivity contribution in [2.75, 3.05) is 6.61 Å². The number of aliphatic hydroxyl groups is 2. The molecular formula is C36H56O6. The zero-order valence-corrected chi connectivity index (χ0v) is 26.0. The summed E-state index contributed by atoms with van der Waals surface area (Å²) >= 11 is 0. The van der Waals surface area contributed by atoms with Crippen LogP contribution in [0.2, 0.25) is 0 Å². The van der Waals surface area contributed by atoms with Crippen LogP contribution in [0.3, 0.4) is 0 Å². The summed E-state index contributed by atoms with van der Waals surface area (Å²) in [6.45, 7) is 5.97. The molecule has 0 amide bonds. The number of hydrogen-bond acceptors (Lipinski definition) is 6. The van der Waals surface area contributed by atoms with Gasteiger partial charge in [0.05, 0.1) is 18.8 Å². The van der Waals surface area contributed by atoms with Crippen molar-refractivity contribution in [2.45, 2.75) is 134 Å². The normalized spacial score (nSPS) is 20.9. The van der Waals surface area contributed by atoms with Crippen LogP contribution in [0.4, 0.5) is 0 Å². The molecule has 2 N–H and O–H groups in total. The summed E-state index contributed by atoms with van der Waals surface area (Å²) in [5.74, 6) is -0.369. The quantitative estimate of drug-likeness (QED) is 0.0779. The lowest BCUT2D eigenvalue weighted by Gasteiger charge is -2.25. The predicted molar refractivity (Wildman–Crippen MR) is 169 cm³/mol. The van der Waals surface area contributed by atoms with Gasteiger partial charge in [-0.05, 0) is 82.6 Å². The molecule has 1 saturated carbocycles. The van der Waals surface area contributed by atoms with Crippen molar-refractivity contribution in [2.24, 2.45) is 11.8 Å². The highest BCUT2D eigenvalue weighted by molar-refractivity contribution is 5.69. The first-order chi connectivity index (χ1) is 20.4. The molecule has 2 rings (SSSR count). The second-order valence-corrected chi connectivity index (χ2v) is 11.8. The van der Waals surface area contributed by atoms with Crippen LogP contribution >= 0.6 is 0 Å². The Hall–Kier alpha value is -2.44. The molecule has 1 fully saturated rings. The Morgan fingerprint density at radius 1 is 0.929 bits per heavy atom. The van der Waals surface area contributed by atoms with E-state index in [-0.39, 0.29) is 29.9 Å². The minimum absolute atomic E-state index is 0.0106. The van der Waals surface area contributed by atoms with Gasteiger partial charge in [-0.3, -0.25) is 9.59 Å². The molecule has 42 heavy (non-hydrogen) atoms. The Bertz CT molecular complexity index is 897. The number of carbonyl (C=O) groups is 2. The van der Waals surface area contributed by atoms with E-state index in [4.69, 9.17) is 9.47 Å². The lowest BCUT2D eigenvalue weighted by atomic mass is 9.85. The first kappa shape index (κ1) is 35.8. The van der Waals surface area contributed by atoms with Gasteiger partial charge < -0.3 is 19.7 Å². The largest absolute Gasteiger partial charge is 0.466 e. The highest BCUT2D eigenvalue weighted by atomic mass is 16.5. The van der Waals surface area contributed by atoms with Crippen molar-refractivity contribution in [3.05, 3.63) is 60.7 Å². The van der Waals surface area contributed by atoms with Crippen LogP contribution in [0.1, 0.15) is 115 Å². The molecule has 1 aliphatic rings. The zero-order chi connectivity index (χ0) is 30.4. The number of unbranched alkanes of at least 4 members (excludes halogenated alkanes) is 7. The fraction of sp³-hybridized carbons (Fsp3) is 0.667. The third-order valence-electron chi connectivity index (χ3n) is 8.39. The Kier molecular flexibility index (Phi) is 18.9. The molecule has 236 valence electrons. The maximum atomic E-state index is 12.7. The number of ether oxygens (including phenoxy) is 2. The van der Waals surface area contributed by atoms with Crippen LogP contribution in [0.25, 0.3) is 0 Å². The van der Waals surface area contributed by atoms with Crippen LogP contribution in [0.5, 0.6) is 0 Å². The van der Waals surface area contributed by atoms with Crippen LogP contribution in [0.15, 0.2) is 55.1 Å². The number of benzene rings is 1. The van der Waals surface area contributed by atoms with E-state index in [1.54, 1.807) is 0 Å². The van der Waals surface area contributed by atoms with E-state index in [0.717, 1.165) is 44.9 Å². The van der Waals surface area contributed by atoms with Crippen molar-refractivity contribution in [3.8, 4) is 0 Å². The van der Waals surface area contributed by atoms with Crippen molar-refractivity contribution < 1.29 is 29.3 Å². The first-order valence-electron chi connectivity index (χ1n) is 16.5. The van der Waals surface area contributed by atoms with Gasteiger partial charge in [0.1, 0.15) is 6.10 Å². The molecule has 0 spiro atoms. The molecule has 0 unspecified atom stereocenters. The Labute approximate surface area is 254 Å². The standard InChI is InChI=1S/C36H56O6/c1-3-5-6-7-8-9-10-18-23-36(40)42-34-28-33(38)31(27-26-30(37)25-24-29-19-14-13-15-20-29)32(34)21-16-11-12-17-22-35(39)41-4-2/h3,11,13-16,19-20,30-34,37-38H,1,4-10,12,17-18,21-28H2,2H3/b16-11-/t30-,31+,32+,33+,34-/m0/s1. The molecule has 0 aliphatic heterocycles. The Morgan fingerprint density at radius 3 is 2.38 bits per heavy atom. The average molecular weight is 585 g/mol. The van der Waals surface area contributed by atoms with Crippen LogP contribution in [-0.4, -0.2) is 47.1 Å². The molecule has 0 radical (unpaired) electrons. The summed E-state index contributed by atoms with van der Waals surface area (Å²) in [6.07, 6.45) is 18.7. The van der Waals surface area contributed by atoms with Gasteiger partial charge in [-0.25, -0.2) is 0 Å². The number of aliphatic hydroxyl groups excluding tert-OH is 2. The first-order valence-corrected chi connectivity index (χ1v) is 16.5. The molecule has 1 aromatic carbocycles. The highest BCUT2D eigenvalue weighted by Crippen LogP contribution is 2.40. The van der Waals surface area contributed by atoms with Crippen LogP contribution in [0, 0.1) is 11.8 Å². The minimum Gasteiger partial charge on any atom is -0.466 e. The third-order valence-corrected chi connectivity index (χ3v) is 8.39. The maximum Gasteiger partial charge on any atom is 0.306 e. The molecular weight excluding hydrogens is 528 g/mol. The van der Waals surface area contributed by atoms with Crippen molar-refractivity contribution in [3.63, 3.8) is 0 Å². The minimum atomic E-state index is -0.554. The van der Waals surface area contributed by atoms with Crippen molar-refractivity contribution in [1.29, 1.82) is 0 Å². The summed E-state index contributed by atoms with van der Waals surface area (Å²) in [4.78, 5) is 24.3. The number of aryl methyl sites for hydroxylation is 1. The molecule has 1 aliphatic carbocycles. The molecule has 0 saturated heterocycles. The third kappa shape index (κ3) is 15.2. The molecule has 6 nitrogen and oxygen atoms in total. The van der Waals surface area contributed by atoms with Gasteiger partial charge in [-0.15, -0.1) is 6.58 Å². The predicted octanol–water partition coefficient (Wildman–Crippen LogP) is 7.66. The van der Waals surface area contributed by atoms with Gasteiger partial charge in [0.15, 0.2) is 0 Å². The molecule has 1 aromatic rings. The van der Waals surface area contributed by atoms with E-state index < -0.39 is 12.2 Å². The van der Waals surface area contributed by atoms with E-state index in [9.17, 15) is 19.8 Å². The zero-order valence-electron chi connectivity index (χ0n) is 26.0. The lowest BCUT2D eigenvalue weighted by molar-refractivity contribution is -0.151. The maximum absolute atomic E-state index is 12.7. The average Bonchev–Trinajstić information content (AvgIpc) is 3.27. The molecule has 6 heteroatoms. The van der Waals surface area contributed by atoms with Gasteiger partial charge >= 0.3 is 11.9 Å². The van der Waals surface area contributed by atoms with E-state index in [1.807, 2.05) is 31.2 Å². The summed E-state index contributed by atoms with van der Waals surface area (Å²) in [7, 11) is 0. The van der Waals surface area contributed by atoms with E-state index in [2.05, 4.69) is 30.9 Å². The number of rotatable bonds is 23. The topological polar surface area (TPSA) is 93.1 Å². The fourth-order valence-electron chi connectivity index (χ4n) is 5.99. The Morgan fingerprint density at radius 2 is 1.64 bits per heavy atom. The number of esters is 2. The van der Waals surface area contributed by atoms with Crippen LogP contribution in [-0.2, 0) is 25.5 Å². The number of hydrogen-bond donors (Lipinski definition) is 2. The number of allylic oxidation sites excluding steroid dienone is 3. The second kappa shape index (κ2) is 22.1. The van der Waals surface area contributed by atoms with Crippen molar-refractivity contribution in [1.82, 2.24) is 0 Å². The molecule has 0 aromatic heterocycles. The summed E-state index contributed by atoms with van der Waals surface area (Å²) < 4.78 is 11.0. The highest BCUT2D eigenvalue weighted by Gasteiger charge is 2.43. The van der Waals surface area contributed by atoms with Crippen LogP contribution < -0.4 is 0 Å². The molecule has 0 bridgehead atoms. The van der Waals surface area contributed by atoms with Gasteiger partial charge in [0, 0.05) is 25.2 Å². The van der Waals surface area contributed by atoms with E-state index >= 15 is 0 Å². The number of carbonyl (C=O) groups excluding carboxylic acids is 2. The van der Waals surface area contributed by atoms with Gasteiger partial charge in [-0.2, -0.15) is 0 Å².